The number of aromatic nitrogens is 3. The molecule has 8 heteroatoms. The Balaban J connectivity index is 2.16. The molecule has 106 valence electrons. The molecular formula is C12H15N5O2S. The third-order valence-corrected chi connectivity index (χ3v) is 3.89. The van der Waals surface area contributed by atoms with E-state index in [0.717, 1.165) is 16.9 Å². The summed E-state index contributed by atoms with van der Waals surface area (Å²) >= 11 is 1.05. The van der Waals surface area contributed by atoms with Crippen molar-refractivity contribution in [2.75, 3.05) is 5.32 Å². The van der Waals surface area contributed by atoms with Gasteiger partial charge in [-0.15, -0.1) is 0 Å². The molecule has 3 N–H and O–H groups in total. The predicted octanol–water partition coefficient (Wildman–Crippen LogP) is 0.892. The number of primary amides is 1. The van der Waals surface area contributed by atoms with Crippen molar-refractivity contribution in [3.05, 3.63) is 29.0 Å². The van der Waals surface area contributed by atoms with Crippen LogP contribution in [0.15, 0.2) is 18.6 Å². The number of amides is 2. The van der Waals surface area contributed by atoms with Crippen LogP contribution in [0.5, 0.6) is 0 Å². The van der Waals surface area contributed by atoms with Gasteiger partial charge in [-0.1, -0.05) is 11.3 Å². The zero-order valence-electron chi connectivity index (χ0n) is 11.4. The second kappa shape index (κ2) is 5.04. The van der Waals surface area contributed by atoms with Gasteiger partial charge in [0.05, 0.1) is 17.8 Å². The largest absolute Gasteiger partial charge is 0.365 e. The van der Waals surface area contributed by atoms with Gasteiger partial charge in [0.25, 0.3) is 5.91 Å². The molecule has 0 aliphatic heterocycles. The van der Waals surface area contributed by atoms with Gasteiger partial charge in [-0.25, -0.2) is 4.98 Å². The van der Waals surface area contributed by atoms with Crippen LogP contribution in [0.2, 0.25) is 0 Å². The molecule has 2 amide bonds. The maximum absolute atomic E-state index is 12.3. The van der Waals surface area contributed by atoms with Crippen LogP contribution in [0.4, 0.5) is 5.13 Å². The summed E-state index contributed by atoms with van der Waals surface area (Å²) in [5.41, 5.74) is 5.18. The zero-order chi connectivity index (χ0) is 14.9. The minimum Gasteiger partial charge on any atom is -0.365 e. The van der Waals surface area contributed by atoms with Crippen molar-refractivity contribution in [2.24, 2.45) is 12.8 Å². The van der Waals surface area contributed by atoms with Crippen molar-refractivity contribution in [1.82, 2.24) is 14.8 Å². The molecule has 2 rings (SSSR count). The first-order valence-electron chi connectivity index (χ1n) is 5.87. The molecule has 0 saturated heterocycles. The lowest BCUT2D eigenvalue weighted by Gasteiger charge is -2.21. The van der Waals surface area contributed by atoms with Crippen molar-refractivity contribution in [3.63, 3.8) is 0 Å². The lowest BCUT2D eigenvalue weighted by Crippen LogP contribution is -2.34. The summed E-state index contributed by atoms with van der Waals surface area (Å²) in [6, 6.07) is 0. The minimum absolute atomic E-state index is 0.226. The number of carbonyl (C=O) groups excluding carboxylic acids is 2. The molecule has 2 aromatic heterocycles. The molecule has 2 heterocycles. The molecule has 0 aromatic carbocycles. The van der Waals surface area contributed by atoms with E-state index in [4.69, 9.17) is 5.73 Å². The summed E-state index contributed by atoms with van der Waals surface area (Å²) in [7, 11) is 1.79. The number of nitrogens with two attached hydrogens (primary N) is 1. The quantitative estimate of drug-likeness (QED) is 0.873. The van der Waals surface area contributed by atoms with Crippen LogP contribution >= 0.6 is 11.3 Å². The monoisotopic (exact) mass is 293 g/mol. The Hall–Kier alpha value is -2.22. The third kappa shape index (κ3) is 2.69. The Morgan fingerprint density at radius 3 is 2.60 bits per heavy atom. The first-order valence-corrected chi connectivity index (χ1v) is 6.68. The summed E-state index contributed by atoms with van der Waals surface area (Å²) < 4.78 is 1.64. The van der Waals surface area contributed by atoms with Gasteiger partial charge < -0.3 is 11.1 Å². The Kier molecular flexibility index (Phi) is 3.58. The zero-order valence-corrected chi connectivity index (χ0v) is 12.2. The highest BCUT2D eigenvalue weighted by atomic mass is 32.1. The molecule has 0 spiro atoms. The van der Waals surface area contributed by atoms with E-state index in [1.54, 1.807) is 38.0 Å². The van der Waals surface area contributed by atoms with Crippen LogP contribution in [0.3, 0.4) is 0 Å². The molecule has 0 saturated carbocycles. The molecule has 0 bridgehead atoms. The van der Waals surface area contributed by atoms with E-state index in [-0.39, 0.29) is 5.91 Å². The smallest absolute Gasteiger partial charge is 0.260 e. The van der Waals surface area contributed by atoms with Crippen molar-refractivity contribution >= 4 is 28.3 Å². The van der Waals surface area contributed by atoms with Crippen LogP contribution in [0, 0.1) is 0 Å². The number of aryl methyl sites for hydroxylation is 1. The molecule has 0 aliphatic rings. The second-order valence-electron chi connectivity index (χ2n) is 4.88. The van der Waals surface area contributed by atoms with Crippen LogP contribution in [0.1, 0.15) is 29.1 Å². The highest BCUT2D eigenvalue weighted by molar-refractivity contribution is 7.17. The fourth-order valence-electron chi connectivity index (χ4n) is 1.57. The van der Waals surface area contributed by atoms with Crippen LogP contribution in [0.25, 0.3) is 0 Å². The lowest BCUT2D eigenvalue weighted by atomic mass is 9.86. The van der Waals surface area contributed by atoms with E-state index < -0.39 is 11.3 Å². The molecule has 0 unspecified atom stereocenters. The number of hydrogen-bond acceptors (Lipinski definition) is 5. The number of anilines is 1. The van der Waals surface area contributed by atoms with Gasteiger partial charge in [0.1, 0.15) is 4.88 Å². The van der Waals surface area contributed by atoms with Gasteiger partial charge in [0.15, 0.2) is 5.13 Å². The molecule has 7 nitrogen and oxygen atoms in total. The van der Waals surface area contributed by atoms with Gasteiger partial charge in [0.2, 0.25) is 5.91 Å². The number of nitrogens with one attached hydrogen (secondary N) is 1. The number of nitrogens with zero attached hydrogens (tertiary/aromatic N) is 3. The van der Waals surface area contributed by atoms with Crippen LogP contribution in [-0.2, 0) is 17.3 Å². The maximum atomic E-state index is 12.3. The minimum atomic E-state index is -0.757. The predicted molar refractivity (Wildman–Crippen MR) is 75.5 cm³/mol. The van der Waals surface area contributed by atoms with Crippen molar-refractivity contribution in [2.45, 2.75) is 19.3 Å². The SMILES string of the molecule is Cn1cc(C(C)(C)C(=O)Nc2ncc(C(N)=O)s2)cn1. The fraction of sp³-hybridized carbons (Fsp3) is 0.333. The first-order chi connectivity index (χ1) is 9.30. The molecule has 0 aliphatic carbocycles. The number of carbonyl (C=O) groups is 2. The van der Waals surface area contributed by atoms with E-state index in [9.17, 15) is 9.59 Å². The van der Waals surface area contributed by atoms with E-state index in [2.05, 4.69) is 15.4 Å². The average molecular weight is 293 g/mol. The third-order valence-electron chi connectivity index (χ3n) is 2.96. The fourth-order valence-corrected chi connectivity index (χ4v) is 2.24. The van der Waals surface area contributed by atoms with E-state index in [1.807, 2.05) is 0 Å². The van der Waals surface area contributed by atoms with Crippen molar-refractivity contribution in [1.29, 1.82) is 0 Å². The molecule has 20 heavy (non-hydrogen) atoms. The van der Waals surface area contributed by atoms with Gasteiger partial charge in [-0.3, -0.25) is 14.3 Å². The Labute approximate surface area is 119 Å². The Bertz CT molecular complexity index is 658. The first kappa shape index (κ1) is 14.2. The number of hydrogen-bond donors (Lipinski definition) is 2. The molecule has 2 aromatic rings. The molecule has 0 radical (unpaired) electrons. The highest BCUT2D eigenvalue weighted by Gasteiger charge is 2.31. The summed E-state index contributed by atoms with van der Waals surface area (Å²) in [4.78, 5) is 27.6. The molecule has 0 atom stereocenters. The summed E-state index contributed by atoms with van der Waals surface area (Å²) in [5.74, 6) is -0.787. The summed E-state index contributed by atoms with van der Waals surface area (Å²) in [6.07, 6.45) is 4.78. The summed E-state index contributed by atoms with van der Waals surface area (Å²) in [5, 5.41) is 7.10. The van der Waals surface area contributed by atoms with Gasteiger partial charge >= 0.3 is 0 Å². The number of rotatable bonds is 4. The standard InChI is InChI=1S/C12H15N5O2S/c1-12(2,7-4-15-17(3)6-7)10(19)16-11-14-5-8(20-11)9(13)18/h4-6H,1-3H3,(H2,13,18)(H,14,16,19). The van der Waals surface area contributed by atoms with Crippen LogP contribution in [-0.4, -0.2) is 26.6 Å². The normalized spacial score (nSPS) is 11.3. The van der Waals surface area contributed by atoms with Crippen molar-refractivity contribution in [3.8, 4) is 0 Å². The topological polar surface area (TPSA) is 103 Å². The van der Waals surface area contributed by atoms with Crippen molar-refractivity contribution < 1.29 is 9.59 Å². The van der Waals surface area contributed by atoms with E-state index in [1.165, 1.54) is 6.20 Å². The van der Waals surface area contributed by atoms with Crippen LogP contribution < -0.4 is 11.1 Å². The second-order valence-corrected chi connectivity index (χ2v) is 5.91. The van der Waals surface area contributed by atoms with Gasteiger partial charge in [-0.05, 0) is 13.8 Å². The number of thiazole rings is 1. The Morgan fingerprint density at radius 1 is 1.40 bits per heavy atom. The lowest BCUT2D eigenvalue weighted by molar-refractivity contribution is -0.120. The maximum Gasteiger partial charge on any atom is 0.260 e. The molecule has 0 fully saturated rings. The van der Waals surface area contributed by atoms with Gasteiger partial charge in [0, 0.05) is 18.8 Å². The average Bonchev–Trinajstić information content (AvgIpc) is 2.98. The Morgan fingerprint density at radius 2 is 2.10 bits per heavy atom. The van der Waals surface area contributed by atoms with E-state index >= 15 is 0 Å². The molecular weight excluding hydrogens is 278 g/mol. The highest BCUT2D eigenvalue weighted by Crippen LogP contribution is 2.26. The summed E-state index contributed by atoms with van der Waals surface area (Å²) in [6.45, 7) is 3.59. The van der Waals surface area contributed by atoms with E-state index in [0.29, 0.717) is 10.0 Å². The van der Waals surface area contributed by atoms with Gasteiger partial charge in [-0.2, -0.15) is 5.10 Å².